The van der Waals surface area contributed by atoms with Crippen LogP contribution in [0.1, 0.15) is 13.3 Å². The van der Waals surface area contributed by atoms with E-state index in [0.29, 0.717) is 11.3 Å². The van der Waals surface area contributed by atoms with Crippen LogP contribution in [0.5, 0.6) is 11.5 Å². The molecule has 0 radical (unpaired) electrons. The Morgan fingerprint density at radius 2 is 1.44 bits per heavy atom. The van der Waals surface area contributed by atoms with E-state index in [-0.39, 0.29) is 72.8 Å². The van der Waals surface area contributed by atoms with E-state index in [2.05, 4.69) is 60.5 Å². The summed E-state index contributed by atoms with van der Waals surface area (Å²) in [4.78, 5) is 15.1. The van der Waals surface area contributed by atoms with Crippen LogP contribution in [0.3, 0.4) is 0 Å². The van der Waals surface area contributed by atoms with Gasteiger partial charge in [0.15, 0.2) is 21.7 Å². The zero-order valence-corrected chi connectivity index (χ0v) is 39.2. The molecule has 25 nitrogen and oxygen atoms in total. The zero-order valence-electron chi connectivity index (χ0n) is 34.3. The molecule has 1 aromatic heterocycles. The first-order chi connectivity index (χ1) is 32.0. The van der Waals surface area contributed by atoms with Gasteiger partial charge in [0.25, 0.3) is 20.2 Å². The number of fused-ring (bicyclic) bond motifs is 1. The summed E-state index contributed by atoms with van der Waals surface area (Å²) in [6.07, 6.45) is 2.30. The Kier molecular flexibility index (Phi) is 15.3. The van der Waals surface area contributed by atoms with E-state index >= 15 is 0 Å². The van der Waals surface area contributed by atoms with Crippen molar-refractivity contribution < 1.29 is 66.4 Å². The average molecular weight is 1050 g/mol. The predicted octanol–water partition coefficient (Wildman–Crippen LogP) is 7.73. The van der Waals surface area contributed by atoms with Crippen LogP contribution < -0.4 is 21.1 Å². The van der Waals surface area contributed by atoms with Gasteiger partial charge in [-0.15, -0.1) is 15.3 Å². The summed E-state index contributed by atoms with van der Waals surface area (Å²) in [6, 6.07) is 16.5. The van der Waals surface area contributed by atoms with Crippen LogP contribution in [0, 0.1) is 11.4 Å². The first-order valence-corrected chi connectivity index (χ1v) is 25.5. The fraction of sp³-hybridized carbons (Fsp3) is 0.108. The van der Waals surface area contributed by atoms with Gasteiger partial charge in [0.1, 0.15) is 32.6 Å². The number of benzene rings is 5. The molecule has 0 fully saturated rings. The molecule has 0 bridgehead atoms. The Hall–Kier alpha value is -6.79. The minimum Gasteiger partial charge on any atom is -0.505 e. The minimum atomic E-state index is -5.16. The molecule has 31 heteroatoms. The van der Waals surface area contributed by atoms with Gasteiger partial charge >= 0.3 is 10.4 Å². The maximum atomic E-state index is 12.7. The lowest BCUT2D eigenvalue weighted by atomic mass is 10.1. The van der Waals surface area contributed by atoms with Crippen molar-refractivity contribution in [2.24, 2.45) is 20.5 Å². The number of anilines is 5. The summed E-state index contributed by atoms with van der Waals surface area (Å²) in [5.41, 5.74) is 4.84. The Bertz CT molecular complexity index is 3540. The van der Waals surface area contributed by atoms with Crippen molar-refractivity contribution in [1.29, 1.82) is 0 Å². The second-order valence-corrected chi connectivity index (χ2v) is 20.4. The molecule has 1 heterocycles. The molecule has 5 aromatic carbocycles. The number of halogens is 1. The molecule has 0 saturated heterocycles. The lowest BCUT2D eigenvalue weighted by molar-refractivity contribution is -0.135. The maximum absolute atomic E-state index is 12.7. The molecule has 6 rings (SSSR count). The molecular formula is C37H31ClN10O15S5. The van der Waals surface area contributed by atoms with E-state index in [1.54, 1.807) is 13.0 Å². The van der Waals surface area contributed by atoms with E-state index < -0.39 is 67.4 Å². The van der Waals surface area contributed by atoms with Crippen molar-refractivity contribution in [1.82, 2.24) is 15.0 Å². The van der Waals surface area contributed by atoms with Crippen LogP contribution >= 0.6 is 23.4 Å². The maximum Gasteiger partial charge on any atom is 0.433 e. The first-order valence-electron chi connectivity index (χ1n) is 18.4. The topological polar surface area (TPSA) is 383 Å². The number of rotatable bonds is 17. The number of nitrogens with zero attached hydrogens (tertiary/aromatic N) is 7. The normalized spacial score (nSPS) is 12.3. The number of ether oxygens (including phenoxy) is 1. The number of hydrogen-bond acceptors (Lipinski definition) is 23. The Morgan fingerprint density at radius 1 is 0.765 bits per heavy atom. The molecule has 0 saturated carbocycles. The number of nitrogens with two attached hydrogens (primary N) is 1. The summed E-state index contributed by atoms with van der Waals surface area (Å²) >= 11 is 7.03. The molecule has 0 aliphatic carbocycles. The third-order valence-electron chi connectivity index (χ3n) is 8.60. The fourth-order valence-corrected chi connectivity index (χ4v) is 9.15. The van der Waals surface area contributed by atoms with Gasteiger partial charge in [-0.25, -0.2) is 8.42 Å². The number of aromatic nitrogens is 3. The number of phenols is 1. The van der Waals surface area contributed by atoms with Crippen molar-refractivity contribution in [2.45, 2.75) is 32.9 Å². The molecular weight excluding hydrogens is 1020 g/mol. The molecule has 0 aliphatic heterocycles. The van der Waals surface area contributed by atoms with Gasteiger partial charge in [0.05, 0.1) is 34.8 Å². The van der Waals surface area contributed by atoms with Crippen LogP contribution in [0.2, 0.25) is 5.28 Å². The first kappa shape index (κ1) is 50.6. The molecule has 0 spiro atoms. The second-order valence-electron chi connectivity index (χ2n) is 13.3. The van der Waals surface area contributed by atoms with Gasteiger partial charge in [0.2, 0.25) is 17.2 Å². The number of nitrogens with one attached hydrogen (secondary N) is 2. The Morgan fingerprint density at radius 3 is 2.09 bits per heavy atom. The summed E-state index contributed by atoms with van der Waals surface area (Å²) in [5.74, 6) is -0.990. The molecule has 356 valence electrons. The van der Waals surface area contributed by atoms with E-state index in [4.69, 9.17) is 26.6 Å². The molecule has 0 aliphatic rings. The lowest BCUT2D eigenvalue weighted by Crippen LogP contribution is -2.05. The number of methoxy groups -OCH3 is 1. The van der Waals surface area contributed by atoms with Crippen molar-refractivity contribution in [3.8, 4) is 22.9 Å². The summed E-state index contributed by atoms with van der Waals surface area (Å²) in [7, 11) is -17.3. The fourth-order valence-electron chi connectivity index (χ4n) is 5.74. The van der Waals surface area contributed by atoms with Crippen molar-refractivity contribution in [2.75, 3.05) is 29.2 Å². The molecule has 0 amide bonds. The quantitative estimate of drug-likeness (QED) is 0.00873. The van der Waals surface area contributed by atoms with Gasteiger partial charge in [0, 0.05) is 26.6 Å². The van der Waals surface area contributed by atoms with Crippen LogP contribution in [-0.2, 0) is 49.7 Å². The molecule has 0 atom stereocenters. The molecule has 6 aromatic rings. The highest BCUT2D eigenvalue weighted by molar-refractivity contribution is 8.04. The van der Waals surface area contributed by atoms with Gasteiger partial charge in [-0.2, -0.15) is 45.3 Å². The van der Waals surface area contributed by atoms with Gasteiger partial charge in [-0.3, -0.25) is 18.5 Å². The average Bonchev–Trinajstić information content (AvgIpc) is 3.25. The van der Waals surface area contributed by atoms with E-state index in [1.807, 2.05) is 6.11 Å². The smallest absolute Gasteiger partial charge is 0.433 e. The highest BCUT2D eigenvalue weighted by Crippen LogP contribution is 2.46. The zero-order chi connectivity index (χ0) is 49.6. The monoisotopic (exact) mass is 1050 g/mol. The van der Waals surface area contributed by atoms with Crippen LogP contribution in [0.4, 0.5) is 51.7 Å². The van der Waals surface area contributed by atoms with Crippen molar-refractivity contribution in [3.05, 3.63) is 84.1 Å². The molecule has 8 N–H and O–H groups in total. The number of phenolic OH excluding ortho intramolecular Hbond substituents is 1. The summed E-state index contributed by atoms with van der Waals surface area (Å²) < 4.78 is 135. The third-order valence-corrected chi connectivity index (χ3v) is 13.4. The number of aromatic hydroxyl groups is 1. The van der Waals surface area contributed by atoms with Crippen LogP contribution in [0.25, 0.3) is 10.8 Å². The molecule has 68 heavy (non-hydrogen) atoms. The second kappa shape index (κ2) is 20.6. The number of sulfone groups is 1. The van der Waals surface area contributed by atoms with Crippen molar-refractivity contribution >= 4 is 126 Å². The summed E-state index contributed by atoms with van der Waals surface area (Å²) in [6.45, 7) is 1.71. The number of hydrogen-bond donors (Lipinski definition) is 7. The number of azo groups is 2. The van der Waals surface area contributed by atoms with Gasteiger partial charge in [-0.05, 0) is 113 Å². The van der Waals surface area contributed by atoms with E-state index in [0.717, 1.165) is 30.0 Å². The van der Waals surface area contributed by atoms with Gasteiger partial charge < -0.3 is 26.2 Å². The third kappa shape index (κ3) is 12.8. The Labute approximate surface area is 395 Å². The highest BCUT2D eigenvalue weighted by atomic mass is 35.5. The SMILES string of the molecule is CCCS(=O)(=O)c1ccc(N=Nc2c(S(=O)(=O)O)cc3c(N=Nc4ccc(Nc5nc(Cl)nc(Nc6cc(SC#COOS(=O)(=O)O)ccc6OC)n5)cc4S(=O)(=O)O)c(N)ccc3c2O)cc1. The largest absolute Gasteiger partial charge is 0.505 e. The van der Waals surface area contributed by atoms with Crippen molar-refractivity contribution in [3.63, 3.8) is 0 Å². The van der Waals surface area contributed by atoms with E-state index in [1.165, 1.54) is 61.7 Å². The predicted molar refractivity (Wildman–Crippen MR) is 245 cm³/mol. The number of thioether (sulfide) groups is 1. The minimum absolute atomic E-state index is 0.0207. The van der Waals surface area contributed by atoms with Gasteiger partial charge in [-0.1, -0.05) is 6.92 Å². The van der Waals surface area contributed by atoms with E-state index in [9.17, 15) is 47.9 Å². The Balaban J connectivity index is 1.29. The summed E-state index contributed by atoms with van der Waals surface area (Å²) in [5, 5.41) is 34.4. The lowest BCUT2D eigenvalue weighted by Gasteiger charge is -2.13. The number of nitrogen functional groups attached to an aromatic ring is 1. The molecule has 0 unspecified atom stereocenters. The van der Waals surface area contributed by atoms with Crippen LogP contribution in [0.15, 0.2) is 119 Å². The van der Waals surface area contributed by atoms with Crippen LogP contribution in [-0.4, -0.2) is 80.3 Å². The standard InChI is InChI=1S/C37H31ClN10O15S5/c1-3-16-65(50,51)23-8-4-20(5-9-23)45-48-33-31(67(55,56)57)19-25-24(34(33)49)10-11-26(39)32(25)47-46-27-12-6-21(17-30(27)66(52,53)54)40-36-42-35(38)43-37(44-36)41-28-18-22(7-13-29(28)61-2)64-15-14-62-63-68(58,59)60/h4-13,17-19,49H,3,16,39H2,1-2H3,(H,52,53,54)(H,55,56,57)(H,58,59,60)(H2,40,41,42,43,44). The highest BCUT2D eigenvalue weighted by Gasteiger charge is 2.25.